The second-order valence-corrected chi connectivity index (χ2v) is 5.25. The molecule has 0 bridgehead atoms. The minimum atomic E-state index is -1.13. The molecule has 0 saturated heterocycles. The normalized spacial score (nSPS) is 17.8. The zero-order chi connectivity index (χ0) is 14.8. The van der Waals surface area contributed by atoms with E-state index in [1.807, 2.05) is 0 Å². The van der Waals surface area contributed by atoms with Gasteiger partial charge in [0.2, 0.25) is 0 Å². The van der Waals surface area contributed by atoms with Gasteiger partial charge in [-0.15, -0.1) is 0 Å². The molecule has 0 spiro atoms. The Morgan fingerprint density at radius 1 is 1.25 bits per heavy atom. The van der Waals surface area contributed by atoms with Crippen LogP contribution in [0.25, 0.3) is 0 Å². The number of hydrogen-bond donors (Lipinski definition) is 3. The van der Waals surface area contributed by atoms with Gasteiger partial charge in [0.25, 0.3) is 5.91 Å². The van der Waals surface area contributed by atoms with Crippen LogP contribution in [0, 0.1) is 11.6 Å². The molecule has 0 aliphatic heterocycles. The molecule has 1 aliphatic carbocycles. The summed E-state index contributed by atoms with van der Waals surface area (Å²) in [5, 5.41) is 22.1. The van der Waals surface area contributed by atoms with Gasteiger partial charge in [0.1, 0.15) is 22.9 Å². The largest absolute Gasteiger partial charge is 0.507 e. The number of amides is 1. The summed E-state index contributed by atoms with van der Waals surface area (Å²) in [6.07, 6.45) is 3.95. The minimum Gasteiger partial charge on any atom is -0.507 e. The smallest absolute Gasteiger partial charge is 0.258 e. The number of carbonyl (C=O) groups excluding carboxylic acids is 1. The monoisotopic (exact) mass is 285 g/mol. The molecule has 2 rings (SSSR count). The number of benzene rings is 1. The molecule has 1 saturated carbocycles. The molecular weight excluding hydrogens is 268 g/mol. The summed E-state index contributed by atoms with van der Waals surface area (Å²) < 4.78 is 26.3. The summed E-state index contributed by atoms with van der Waals surface area (Å²) in [5.74, 6) is -3.70. The third kappa shape index (κ3) is 3.25. The number of rotatable bonds is 3. The van der Waals surface area contributed by atoms with E-state index in [0.717, 1.165) is 19.3 Å². The summed E-state index contributed by atoms with van der Waals surface area (Å²) in [6, 6.07) is 1.21. The van der Waals surface area contributed by atoms with E-state index < -0.39 is 34.5 Å². The van der Waals surface area contributed by atoms with Gasteiger partial charge < -0.3 is 15.5 Å². The molecule has 1 aromatic rings. The molecule has 0 heterocycles. The molecule has 1 fully saturated rings. The van der Waals surface area contributed by atoms with Crippen LogP contribution in [-0.4, -0.2) is 28.3 Å². The number of hydrogen-bond acceptors (Lipinski definition) is 3. The van der Waals surface area contributed by atoms with E-state index in [4.69, 9.17) is 0 Å². The van der Waals surface area contributed by atoms with Gasteiger partial charge >= 0.3 is 0 Å². The SMILES string of the molecule is O=C(NCC1(O)CCCCC1)c1c(O)cc(F)cc1F. The lowest BCUT2D eigenvalue weighted by Crippen LogP contribution is -2.44. The van der Waals surface area contributed by atoms with Crippen LogP contribution in [0.5, 0.6) is 5.75 Å². The first-order valence-electron chi connectivity index (χ1n) is 6.60. The maximum absolute atomic E-state index is 13.5. The highest BCUT2D eigenvalue weighted by atomic mass is 19.1. The van der Waals surface area contributed by atoms with Gasteiger partial charge in [-0.25, -0.2) is 8.78 Å². The van der Waals surface area contributed by atoms with Crippen LogP contribution in [0.1, 0.15) is 42.5 Å². The van der Waals surface area contributed by atoms with Crippen LogP contribution in [0.4, 0.5) is 8.78 Å². The van der Waals surface area contributed by atoms with Crippen LogP contribution >= 0.6 is 0 Å². The van der Waals surface area contributed by atoms with Crippen molar-refractivity contribution >= 4 is 5.91 Å². The third-order valence-corrected chi connectivity index (χ3v) is 3.62. The highest BCUT2D eigenvalue weighted by Gasteiger charge is 2.30. The lowest BCUT2D eigenvalue weighted by Gasteiger charge is -2.32. The topological polar surface area (TPSA) is 69.6 Å². The Morgan fingerprint density at radius 2 is 1.90 bits per heavy atom. The predicted octanol–water partition coefficient (Wildman–Crippen LogP) is 2.10. The number of phenols is 1. The Kier molecular flexibility index (Phi) is 4.23. The standard InChI is InChI=1S/C14H17F2NO3/c15-9-6-10(16)12(11(18)7-9)13(19)17-8-14(20)4-2-1-3-5-14/h6-7,18,20H,1-5,8H2,(H,17,19). The van der Waals surface area contributed by atoms with Gasteiger partial charge in [0.15, 0.2) is 0 Å². The lowest BCUT2D eigenvalue weighted by atomic mass is 9.85. The molecular formula is C14H17F2NO3. The molecule has 0 aromatic heterocycles. The van der Waals surface area contributed by atoms with Crippen LogP contribution in [0.15, 0.2) is 12.1 Å². The predicted molar refractivity (Wildman–Crippen MR) is 68.4 cm³/mol. The summed E-state index contributed by atoms with van der Waals surface area (Å²) in [5.41, 5.74) is -1.59. The molecule has 1 aromatic carbocycles. The average molecular weight is 285 g/mol. The summed E-state index contributed by atoms with van der Waals surface area (Å²) >= 11 is 0. The zero-order valence-electron chi connectivity index (χ0n) is 11.0. The van der Waals surface area contributed by atoms with Crippen LogP contribution in [-0.2, 0) is 0 Å². The number of phenolic OH excluding ortho intramolecular Hbond substituents is 1. The Balaban J connectivity index is 2.05. The molecule has 110 valence electrons. The second-order valence-electron chi connectivity index (χ2n) is 5.25. The van der Waals surface area contributed by atoms with Crippen molar-refractivity contribution in [1.29, 1.82) is 0 Å². The van der Waals surface area contributed by atoms with E-state index in [2.05, 4.69) is 5.32 Å². The highest BCUT2D eigenvalue weighted by molar-refractivity contribution is 5.97. The van der Waals surface area contributed by atoms with E-state index in [9.17, 15) is 23.8 Å². The molecule has 0 unspecified atom stereocenters. The fourth-order valence-corrected chi connectivity index (χ4v) is 2.50. The number of aliphatic hydroxyl groups is 1. The Bertz CT molecular complexity index is 490. The third-order valence-electron chi connectivity index (χ3n) is 3.62. The summed E-state index contributed by atoms with van der Waals surface area (Å²) in [4.78, 5) is 11.8. The molecule has 20 heavy (non-hydrogen) atoms. The van der Waals surface area contributed by atoms with Gasteiger partial charge in [-0.05, 0) is 12.8 Å². The molecule has 1 aliphatic rings. The lowest BCUT2D eigenvalue weighted by molar-refractivity contribution is 0.00518. The summed E-state index contributed by atoms with van der Waals surface area (Å²) in [6.45, 7) is -0.0118. The first kappa shape index (κ1) is 14.7. The van der Waals surface area contributed by atoms with Crippen molar-refractivity contribution in [2.75, 3.05) is 6.54 Å². The van der Waals surface area contributed by atoms with Crippen molar-refractivity contribution in [2.24, 2.45) is 0 Å². The Hall–Kier alpha value is -1.69. The van der Waals surface area contributed by atoms with Gasteiger partial charge in [-0.1, -0.05) is 19.3 Å². The molecule has 0 atom stereocenters. The van der Waals surface area contributed by atoms with Gasteiger partial charge in [-0.2, -0.15) is 0 Å². The summed E-state index contributed by atoms with van der Waals surface area (Å²) in [7, 11) is 0. The van der Waals surface area contributed by atoms with Crippen molar-refractivity contribution in [3.8, 4) is 5.75 Å². The molecule has 1 amide bonds. The maximum Gasteiger partial charge on any atom is 0.258 e. The number of aromatic hydroxyl groups is 1. The van der Waals surface area contributed by atoms with E-state index in [-0.39, 0.29) is 6.54 Å². The van der Waals surface area contributed by atoms with E-state index in [1.165, 1.54) is 0 Å². The highest BCUT2D eigenvalue weighted by Crippen LogP contribution is 2.28. The maximum atomic E-state index is 13.5. The Morgan fingerprint density at radius 3 is 2.50 bits per heavy atom. The zero-order valence-corrected chi connectivity index (χ0v) is 11.0. The van der Waals surface area contributed by atoms with Crippen molar-refractivity contribution in [1.82, 2.24) is 5.32 Å². The minimum absolute atomic E-state index is 0.0118. The Labute approximate surface area is 115 Å². The molecule has 6 heteroatoms. The average Bonchev–Trinajstić information content (AvgIpc) is 2.36. The quantitative estimate of drug-likeness (QED) is 0.796. The molecule has 0 radical (unpaired) electrons. The first-order valence-corrected chi connectivity index (χ1v) is 6.60. The van der Waals surface area contributed by atoms with E-state index in [1.54, 1.807) is 0 Å². The molecule has 4 nitrogen and oxygen atoms in total. The van der Waals surface area contributed by atoms with Crippen molar-refractivity contribution in [2.45, 2.75) is 37.7 Å². The van der Waals surface area contributed by atoms with Crippen LogP contribution in [0.3, 0.4) is 0 Å². The number of carbonyl (C=O) groups is 1. The fraction of sp³-hybridized carbons (Fsp3) is 0.500. The fourth-order valence-electron chi connectivity index (χ4n) is 2.50. The van der Waals surface area contributed by atoms with Crippen molar-refractivity contribution in [3.63, 3.8) is 0 Å². The first-order chi connectivity index (χ1) is 9.41. The van der Waals surface area contributed by atoms with Gasteiger partial charge in [0.05, 0.1) is 5.60 Å². The van der Waals surface area contributed by atoms with Crippen molar-refractivity contribution in [3.05, 3.63) is 29.3 Å². The number of nitrogens with one attached hydrogen (secondary N) is 1. The van der Waals surface area contributed by atoms with E-state index >= 15 is 0 Å². The van der Waals surface area contributed by atoms with E-state index in [0.29, 0.717) is 25.0 Å². The van der Waals surface area contributed by atoms with Crippen LogP contribution in [0.2, 0.25) is 0 Å². The molecule has 3 N–H and O–H groups in total. The number of halogens is 2. The van der Waals surface area contributed by atoms with Crippen molar-refractivity contribution < 1.29 is 23.8 Å². The van der Waals surface area contributed by atoms with Gasteiger partial charge in [0, 0.05) is 18.7 Å². The van der Waals surface area contributed by atoms with Crippen LogP contribution < -0.4 is 5.32 Å². The van der Waals surface area contributed by atoms with Gasteiger partial charge in [-0.3, -0.25) is 4.79 Å². The second kappa shape index (κ2) is 5.75.